The first-order valence-corrected chi connectivity index (χ1v) is 6.72. The van der Waals surface area contributed by atoms with Crippen LogP contribution in [0.5, 0.6) is 0 Å². The van der Waals surface area contributed by atoms with Crippen molar-refractivity contribution >= 4 is 11.8 Å². The summed E-state index contributed by atoms with van der Waals surface area (Å²) in [6.07, 6.45) is 1.97. The molecule has 2 rings (SSSR count). The van der Waals surface area contributed by atoms with Gasteiger partial charge in [0.2, 0.25) is 11.8 Å². The lowest BCUT2D eigenvalue weighted by molar-refractivity contribution is -0.159. The highest BCUT2D eigenvalue weighted by molar-refractivity contribution is 5.92. The molecule has 2 heterocycles. The van der Waals surface area contributed by atoms with E-state index in [1.54, 1.807) is 16.8 Å². The molecule has 5 nitrogen and oxygen atoms in total. The second kappa shape index (κ2) is 4.88. The number of nitrogens with one attached hydrogen (secondary N) is 1. The van der Waals surface area contributed by atoms with Crippen LogP contribution in [-0.4, -0.2) is 60.4 Å². The summed E-state index contributed by atoms with van der Waals surface area (Å²) >= 11 is 0. The monoisotopic (exact) mass is 253 g/mol. The first-order valence-electron chi connectivity index (χ1n) is 6.72. The van der Waals surface area contributed by atoms with E-state index in [2.05, 4.69) is 5.32 Å². The van der Waals surface area contributed by atoms with Gasteiger partial charge in [0.1, 0.15) is 5.54 Å². The summed E-state index contributed by atoms with van der Waals surface area (Å²) in [6, 6.07) is 0. The number of rotatable bonds is 1. The molecule has 2 amide bonds. The van der Waals surface area contributed by atoms with Crippen LogP contribution in [0.25, 0.3) is 0 Å². The molecule has 2 aliphatic rings. The highest BCUT2D eigenvalue weighted by Crippen LogP contribution is 2.25. The zero-order chi connectivity index (χ0) is 13.3. The maximum absolute atomic E-state index is 12.5. The van der Waals surface area contributed by atoms with Gasteiger partial charge in [-0.05, 0) is 33.2 Å². The lowest BCUT2D eigenvalue weighted by atomic mass is 9.92. The van der Waals surface area contributed by atoms with E-state index in [1.807, 2.05) is 13.8 Å². The number of hydrogen-bond donors (Lipinski definition) is 1. The number of nitrogens with zero attached hydrogens (tertiary/aromatic N) is 2. The summed E-state index contributed by atoms with van der Waals surface area (Å²) in [4.78, 5) is 28.2. The van der Waals surface area contributed by atoms with Gasteiger partial charge >= 0.3 is 0 Å². The van der Waals surface area contributed by atoms with Crippen LogP contribution >= 0.6 is 0 Å². The summed E-state index contributed by atoms with van der Waals surface area (Å²) < 4.78 is 0. The quantitative estimate of drug-likeness (QED) is 0.719. The third kappa shape index (κ3) is 2.23. The minimum Gasteiger partial charge on any atom is -0.342 e. The molecule has 0 aliphatic carbocycles. The maximum atomic E-state index is 12.5. The van der Waals surface area contributed by atoms with Gasteiger partial charge in [0.05, 0.1) is 5.92 Å². The van der Waals surface area contributed by atoms with Crippen molar-refractivity contribution in [3.63, 3.8) is 0 Å². The highest BCUT2D eigenvalue weighted by Gasteiger charge is 2.44. The van der Waals surface area contributed by atoms with Gasteiger partial charge in [0.15, 0.2) is 0 Å². The van der Waals surface area contributed by atoms with E-state index in [0.29, 0.717) is 13.1 Å². The number of carbonyl (C=O) groups is 2. The van der Waals surface area contributed by atoms with Crippen LogP contribution in [0.2, 0.25) is 0 Å². The summed E-state index contributed by atoms with van der Waals surface area (Å²) in [5.41, 5.74) is -0.707. The van der Waals surface area contributed by atoms with Crippen LogP contribution in [-0.2, 0) is 9.59 Å². The molecule has 0 saturated carbocycles. The van der Waals surface area contributed by atoms with Crippen LogP contribution in [0.3, 0.4) is 0 Å². The lowest BCUT2D eigenvalue weighted by Crippen LogP contribution is -2.65. The predicted octanol–water partition coefficient (Wildman–Crippen LogP) is 0.0652. The zero-order valence-corrected chi connectivity index (χ0v) is 11.5. The molecule has 0 aromatic rings. The Morgan fingerprint density at radius 1 is 1.39 bits per heavy atom. The fourth-order valence-corrected chi connectivity index (χ4v) is 2.88. The van der Waals surface area contributed by atoms with Gasteiger partial charge in [0, 0.05) is 26.7 Å². The van der Waals surface area contributed by atoms with Crippen LogP contribution in [0.4, 0.5) is 0 Å². The van der Waals surface area contributed by atoms with Gasteiger partial charge in [-0.15, -0.1) is 0 Å². The van der Waals surface area contributed by atoms with E-state index in [0.717, 1.165) is 25.9 Å². The molecule has 0 aromatic heterocycles. The number of likely N-dealkylation sites (N-methyl/N-ethyl adjacent to an activating group) is 1. The van der Waals surface area contributed by atoms with Gasteiger partial charge < -0.3 is 15.1 Å². The topological polar surface area (TPSA) is 52.6 Å². The summed E-state index contributed by atoms with van der Waals surface area (Å²) in [5.74, 6) is 0.203. The summed E-state index contributed by atoms with van der Waals surface area (Å²) in [7, 11) is 1.80. The number of piperazine rings is 1. The van der Waals surface area contributed by atoms with Crippen molar-refractivity contribution in [2.24, 2.45) is 5.92 Å². The molecule has 0 bridgehead atoms. The Morgan fingerprint density at radius 3 is 2.72 bits per heavy atom. The average Bonchev–Trinajstić information content (AvgIpc) is 2.36. The van der Waals surface area contributed by atoms with E-state index in [4.69, 9.17) is 0 Å². The number of carbonyl (C=O) groups excluding carboxylic acids is 2. The third-order valence-electron chi connectivity index (χ3n) is 4.12. The number of amides is 2. The SMILES string of the molecule is CN1CCN(C(=O)[C@H]2CCCNC2)C(C)(C)C1=O. The second-order valence-electron chi connectivity index (χ2n) is 5.82. The molecular weight excluding hydrogens is 230 g/mol. The van der Waals surface area contributed by atoms with Crippen molar-refractivity contribution in [2.75, 3.05) is 33.2 Å². The van der Waals surface area contributed by atoms with E-state index in [-0.39, 0.29) is 17.7 Å². The van der Waals surface area contributed by atoms with Crippen LogP contribution < -0.4 is 5.32 Å². The highest BCUT2D eigenvalue weighted by atomic mass is 16.2. The Morgan fingerprint density at radius 2 is 2.11 bits per heavy atom. The van der Waals surface area contributed by atoms with E-state index >= 15 is 0 Å². The molecule has 0 radical (unpaired) electrons. The summed E-state index contributed by atoms with van der Waals surface area (Å²) in [6.45, 7) is 6.71. The summed E-state index contributed by atoms with van der Waals surface area (Å²) in [5, 5.41) is 3.26. The molecule has 102 valence electrons. The normalized spacial score (nSPS) is 28.4. The maximum Gasteiger partial charge on any atom is 0.247 e. The molecule has 18 heavy (non-hydrogen) atoms. The molecule has 2 saturated heterocycles. The van der Waals surface area contributed by atoms with Crippen LogP contribution in [0.15, 0.2) is 0 Å². The molecule has 0 unspecified atom stereocenters. The number of piperidine rings is 1. The van der Waals surface area contributed by atoms with Gasteiger partial charge in [-0.1, -0.05) is 0 Å². The van der Waals surface area contributed by atoms with Crippen molar-refractivity contribution in [3.05, 3.63) is 0 Å². The minimum absolute atomic E-state index is 0.0332. The molecule has 1 atom stereocenters. The Labute approximate surface area is 108 Å². The first-order chi connectivity index (χ1) is 8.44. The van der Waals surface area contributed by atoms with Crippen molar-refractivity contribution in [2.45, 2.75) is 32.2 Å². The van der Waals surface area contributed by atoms with Crippen molar-refractivity contribution in [3.8, 4) is 0 Å². The van der Waals surface area contributed by atoms with Gasteiger partial charge in [-0.25, -0.2) is 0 Å². The van der Waals surface area contributed by atoms with Crippen molar-refractivity contribution < 1.29 is 9.59 Å². The molecule has 1 N–H and O–H groups in total. The standard InChI is InChI=1S/C13H23N3O2/c1-13(2)12(18)15(3)7-8-16(13)11(17)10-5-4-6-14-9-10/h10,14H,4-9H2,1-3H3/t10-/m0/s1. The zero-order valence-electron chi connectivity index (χ0n) is 11.5. The fourth-order valence-electron chi connectivity index (χ4n) is 2.88. The molecule has 2 fully saturated rings. The van der Waals surface area contributed by atoms with Gasteiger partial charge in [-0.2, -0.15) is 0 Å². The minimum atomic E-state index is -0.707. The Kier molecular flexibility index (Phi) is 3.61. The largest absolute Gasteiger partial charge is 0.342 e. The Hall–Kier alpha value is -1.10. The van der Waals surface area contributed by atoms with E-state index in [9.17, 15) is 9.59 Å². The second-order valence-corrected chi connectivity index (χ2v) is 5.82. The van der Waals surface area contributed by atoms with Gasteiger partial charge in [-0.3, -0.25) is 9.59 Å². The van der Waals surface area contributed by atoms with Gasteiger partial charge in [0.25, 0.3) is 0 Å². The van der Waals surface area contributed by atoms with Crippen LogP contribution in [0.1, 0.15) is 26.7 Å². The third-order valence-corrected chi connectivity index (χ3v) is 4.12. The molecule has 0 aromatic carbocycles. The fraction of sp³-hybridized carbons (Fsp3) is 0.846. The Balaban J connectivity index is 2.11. The number of hydrogen-bond acceptors (Lipinski definition) is 3. The average molecular weight is 253 g/mol. The molecule has 0 spiro atoms. The molecule has 2 aliphatic heterocycles. The van der Waals surface area contributed by atoms with Crippen molar-refractivity contribution in [1.82, 2.24) is 15.1 Å². The van der Waals surface area contributed by atoms with Crippen LogP contribution in [0, 0.1) is 5.92 Å². The molecular formula is C13H23N3O2. The van der Waals surface area contributed by atoms with E-state index < -0.39 is 5.54 Å². The first kappa shape index (κ1) is 13.3. The smallest absolute Gasteiger partial charge is 0.247 e. The molecule has 5 heteroatoms. The predicted molar refractivity (Wildman–Crippen MR) is 69.0 cm³/mol. The van der Waals surface area contributed by atoms with E-state index in [1.165, 1.54) is 0 Å². The lowest BCUT2D eigenvalue weighted by Gasteiger charge is -2.46. The van der Waals surface area contributed by atoms with Crippen molar-refractivity contribution in [1.29, 1.82) is 0 Å². The Bertz CT molecular complexity index is 348.